The molecule has 34 heavy (non-hydrogen) atoms. The van der Waals surface area contributed by atoms with Crippen LogP contribution in [0.15, 0.2) is 39.3 Å². The fourth-order valence-corrected chi connectivity index (χ4v) is 5.64. The van der Waals surface area contributed by atoms with E-state index in [1.165, 1.54) is 23.1 Å². The van der Waals surface area contributed by atoms with Gasteiger partial charge < -0.3 is 28.5 Å². The Bertz CT molecular complexity index is 1320. The monoisotopic (exact) mass is 502 g/mol. The number of fused-ring (bicyclic) bond motifs is 2. The molecule has 178 valence electrons. The van der Waals surface area contributed by atoms with Crippen molar-refractivity contribution in [1.82, 2.24) is 14.6 Å². The highest BCUT2D eigenvalue weighted by molar-refractivity contribution is 7.99. The van der Waals surface area contributed by atoms with Crippen LogP contribution >= 0.6 is 23.1 Å². The molecule has 6 rings (SSSR count). The van der Waals surface area contributed by atoms with Gasteiger partial charge >= 0.3 is 0 Å². The topological polar surface area (TPSA) is 113 Å². The van der Waals surface area contributed by atoms with Crippen molar-refractivity contribution in [2.45, 2.75) is 29.3 Å². The van der Waals surface area contributed by atoms with E-state index in [2.05, 4.69) is 15.4 Å². The second kappa shape index (κ2) is 8.47. The van der Waals surface area contributed by atoms with Crippen molar-refractivity contribution < 1.29 is 28.5 Å². The molecule has 2 N–H and O–H groups in total. The molecule has 10 nitrogen and oxygen atoms in total. The fourth-order valence-electron chi connectivity index (χ4n) is 3.90. The highest BCUT2D eigenvalue weighted by Gasteiger charge is 2.37. The molecule has 2 atom stereocenters. The first-order valence-corrected chi connectivity index (χ1v) is 12.4. The normalized spacial score (nSPS) is 21.7. The first kappa shape index (κ1) is 21.7. The number of furan rings is 1. The van der Waals surface area contributed by atoms with Crippen molar-refractivity contribution in [3.63, 3.8) is 0 Å². The van der Waals surface area contributed by atoms with Gasteiger partial charge in [0.1, 0.15) is 40.0 Å². The lowest BCUT2D eigenvalue weighted by Gasteiger charge is -2.16. The van der Waals surface area contributed by atoms with Crippen molar-refractivity contribution in [2.24, 2.45) is 0 Å². The van der Waals surface area contributed by atoms with Gasteiger partial charge in [-0.05, 0) is 17.8 Å². The summed E-state index contributed by atoms with van der Waals surface area (Å²) in [5, 5.41) is 14.8. The van der Waals surface area contributed by atoms with Crippen LogP contribution in [0.3, 0.4) is 0 Å². The molecule has 12 heteroatoms. The average Bonchev–Trinajstić information content (AvgIpc) is 3.64. The largest absolute Gasteiger partial charge is 0.496 e. The van der Waals surface area contributed by atoms with Gasteiger partial charge in [0.15, 0.2) is 16.5 Å². The summed E-state index contributed by atoms with van der Waals surface area (Å²) >= 11 is 2.90. The Hall–Kier alpha value is -2.77. The Kier molecular flexibility index (Phi) is 5.41. The number of hydrogen-bond acceptors (Lipinski definition) is 11. The number of methoxy groups -OCH3 is 2. The summed E-state index contributed by atoms with van der Waals surface area (Å²) in [6.07, 6.45) is 2.41. The fraction of sp³-hybridized carbons (Fsp3) is 0.364. The van der Waals surface area contributed by atoms with Crippen LogP contribution < -0.4 is 14.9 Å². The molecule has 1 fully saturated rings. The molecular weight excluding hydrogens is 480 g/mol. The van der Waals surface area contributed by atoms with Crippen LogP contribution in [0, 0.1) is 0 Å². The molecule has 0 radical (unpaired) electrons. The zero-order valence-corrected chi connectivity index (χ0v) is 20.1. The minimum Gasteiger partial charge on any atom is -0.496 e. The van der Waals surface area contributed by atoms with Gasteiger partial charge in [-0.25, -0.2) is 14.6 Å². The van der Waals surface area contributed by atoms with Crippen LogP contribution in [0.1, 0.15) is 17.1 Å². The number of benzene rings is 1. The van der Waals surface area contributed by atoms with Crippen LogP contribution in [0.4, 0.5) is 0 Å². The third-order valence-corrected chi connectivity index (χ3v) is 7.83. The van der Waals surface area contributed by atoms with E-state index < -0.39 is 5.60 Å². The lowest BCUT2D eigenvalue weighted by molar-refractivity contribution is 0.0228. The van der Waals surface area contributed by atoms with E-state index in [4.69, 9.17) is 23.4 Å². The maximum atomic E-state index is 10.7. The van der Waals surface area contributed by atoms with E-state index in [9.17, 15) is 5.11 Å². The Morgan fingerprint density at radius 1 is 1.29 bits per heavy atom. The maximum absolute atomic E-state index is 10.7. The number of ether oxygens (including phenoxy) is 4. The number of imidazole rings is 1. The summed E-state index contributed by atoms with van der Waals surface area (Å²) in [6, 6.07) is 5.55. The molecule has 0 saturated carbocycles. The van der Waals surface area contributed by atoms with Gasteiger partial charge in [-0.15, -0.1) is 11.3 Å². The Labute approximate surface area is 202 Å². The van der Waals surface area contributed by atoms with E-state index in [0.29, 0.717) is 46.6 Å². The third-order valence-electron chi connectivity index (χ3n) is 5.73. The SMILES string of the molecule is COc1cc(OCc2csc(C3(O)CCOC3)n2)c2cc(-c3cn4c(n3)SC(OC)N4)oc2c1. The van der Waals surface area contributed by atoms with Crippen molar-refractivity contribution >= 4 is 34.1 Å². The van der Waals surface area contributed by atoms with Crippen molar-refractivity contribution in [3.8, 4) is 23.0 Å². The zero-order chi connectivity index (χ0) is 23.3. The molecule has 5 heterocycles. The minimum atomic E-state index is -1.01. The predicted octanol–water partition coefficient (Wildman–Crippen LogP) is 3.53. The van der Waals surface area contributed by atoms with Gasteiger partial charge in [0, 0.05) is 37.7 Å². The molecule has 1 saturated heterocycles. The van der Waals surface area contributed by atoms with Crippen LogP contribution in [0.2, 0.25) is 0 Å². The van der Waals surface area contributed by atoms with Crippen LogP contribution in [-0.4, -0.2) is 52.7 Å². The van der Waals surface area contributed by atoms with Gasteiger partial charge in [0.2, 0.25) is 0 Å². The number of nitrogens with zero attached hydrogens (tertiary/aromatic N) is 3. The van der Waals surface area contributed by atoms with E-state index in [1.54, 1.807) is 14.2 Å². The lowest BCUT2D eigenvalue weighted by Crippen LogP contribution is -2.25. The smallest absolute Gasteiger partial charge is 0.196 e. The number of hydrogen-bond donors (Lipinski definition) is 2. The van der Waals surface area contributed by atoms with Gasteiger partial charge in [-0.1, -0.05) is 0 Å². The Morgan fingerprint density at radius 2 is 2.21 bits per heavy atom. The summed E-state index contributed by atoms with van der Waals surface area (Å²) in [4.78, 5) is 9.21. The van der Waals surface area contributed by atoms with Crippen LogP contribution in [0.25, 0.3) is 22.4 Å². The first-order chi connectivity index (χ1) is 16.5. The van der Waals surface area contributed by atoms with Gasteiger partial charge in [-0.3, -0.25) is 5.43 Å². The lowest BCUT2D eigenvalue weighted by atomic mass is 10.1. The van der Waals surface area contributed by atoms with Crippen molar-refractivity contribution in [3.05, 3.63) is 40.5 Å². The predicted molar refractivity (Wildman–Crippen MR) is 126 cm³/mol. The number of aromatic nitrogens is 3. The number of thioether (sulfide) groups is 1. The molecule has 1 aromatic carbocycles. The number of rotatable bonds is 7. The summed E-state index contributed by atoms with van der Waals surface area (Å²) in [6.45, 7) is 1.05. The molecule has 3 aromatic heterocycles. The van der Waals surface area contributed by atoms with Crippen molar-refractivity contribution in [2.75, 3.05) is 32.9 Å². The van der Waals surface area contributed by atoms with Gasteiger partial charge in [0.05, 0.1) is 31.0 Å². The summed E-state index contributed by atoms with van der Waals surface area (Å²) < 4.78 is 30.1. The highest BCUT2D eigenvalue weighted by Crippen LogP contribution is 2.39. The molecule has 2 aliphatic heterocycles. The van der Waals surface area contributed by atoms with E-state index in [0.717, 1.165) is 16.2 Å². The molecule has 2 unspecified atom stereocenters. The second-order valence-electron chi connectivity index (χ2n) is 8.01. The summed E-state index contributed by atoms with van der Waals surface area (Å²) in [5.41, 5.74) is 4.07. The molecule has 0 bridgehead atoms. The van der Waals surface area contributed by atoms with E-state index in [1.807, 2.05) is 34.5 Å². The zero-order valence-electron chi connectivity index (χ0n) is 18.4. The standard InChI is InChI=1S/C22H22N4O6S2/c1-28-13-5-16(31-9-12-10-33-19(23-12)22(27)3-4-30-11-22)14-7-18(32-17(14)6-13)15-8-26-20(24-15)34-21(25-26)29-2/h5-8,10,21,25,27H,3-4,9,11H2,1-2H3. The molecule has 2 aliphatic rings. The van der Waals surface area contributed by atoms with Crippen LogP contribution in [-0.2, 0) is 21.7 Å². The third kappa shape index (κ3) is 3.81. The number of aliphatic hydroxyl groups is 1. The van der Waals surface area contributed by atoms with Gasteiger partial charge in [-0.2, -0.15) is 0 Å². The number of thiazole rings is 1. The first-order valence-electron chi connectivity index (χ1n) is 10.6. The van der Waals surface area contributed by atoms with E-state index >= 15 is 0 Å². The van der Waals surface area contributed by atoms with E-state index in [-0.39, 0.29) is 18.8 Å². The molecule has 4 aromatic rings. The second-order valence-corrected chi connectivity index (χ2v) is 9.90. The van der Waals surface area contributed by atoms with Crippen LogP contribution in [0.5, 0.6) is 11.5 Å². The maximum Gasteiger partial charge on any atom is 0.196 e. The molecule has 0 amide bonds. The highest BCUT2D eigenvalue weighted by atomic mass is 32.2. The average molecular weight is 503 g/mol. The number of nitrogens with one attached hydrogen (secondary N) is 1. The van der Waals surface area contributed by atoms with Crippen molar-refractivity contribution in [1.29, 1.82) is 0 Å². The minimum absolute atomic E-state index is 0.162. The molecule has 0 spiro atoms. The Morgan fingerprint density at radius 3 is 2.97 bits per heavy atom. The quantitative estimate of drug-likeness (QED) is 0.389. The Balaban J connectivity index is 1.26. The van der Waals surface area contributed by atoms with Gasteiger partial charge in [0.25, 0.3) is 0 Å². The summed E-state index contributed by atoms with van der Waals surface area (Å²) in [5.74, 6) is 1.85. The molecular formula is C22H22N4O6S2. The molecule has 0 aliphatic carbocycles. The summed E-state index contributed by atoms with van der Waals surface area (Å²) in [7, 11) is 3.24.